The molecule has 0 unspecified atom stereocenters. The molecule has 1 heterocycles. The molecular formula is C13H16N2O3S. The number of ether oxygens (including phenoxy) is 1. The van der Waals surface area contributed by atoms with Gasteiger partial charge in [0.1, 0.15) is 6.04 Å². The third-order valence-electron chi connectivity index (χ3n) is 3.08. The van der Waals surface area contributed by atoms with E-state index in [0.29, 0.717) is 13.0 Å². The minimum absolute atomic E-state index is 0.0230. The van der Waals surface area contributed by atoms with E-state index in [0.717, 1.165) is 5.56 Å². The second kappa shape index (κ2) is 6.15. The minimum atomic E-state index is -3.41. The molecule has 1 saturated heterocycles. The summed E-state index contributed by atoms with van der Waals surface area (Å²) in [5.41, 5.74) is 0.979. The van der Waals surface area contributed by atoms with Gasteiger partial charge in [-0.1, -0.05) is 30.3 Å². The number of nitriles is 1. The van der Waals surface area contributed by atoms with E-state index in [-0.39, 0.29) is 18.9 Å². The molecule has 1 aromatic carbocycles. The molecule has 0 bridgehead atoms. The van der Waals surface area contributed by atoms with Gasteiger partial charge < -0.3 is 4.74 Å². The molecule has 5 nitrogen and oxygen atoms in total. The van der Waals surface area contributed by atoms with Crippen molar-refractivity contribution in [2.45, 2.75) is 12.5 Å². The maximum absolute atomic E-state index is 12.2. The lowest BCUT2D eigenvalue weighted by molar-refractivity contribution is 0.0512. The zero-order valence-electron chi connectivity index (χ0n) is 10.5. The van der Waals surface area contributed by atoms with E-state index in [1.807, 2.05) is 36.4 Å². The van der Waals surface area contributed by atoms with Gasteiger partial charge in [-0.05, 0) is 12.0 Å². The lowest BCUT2D eigenvalue weighted by Gasteiger charge is -2.30. The molecule has 1 aliphatic rings. The van der Waals surface area contributed by atoms with Crippen molar-refractivity contribution in [1.29, 1.82) is 5.26 Å². The molecule has 0 amide bonds. The van der Waals surface area contributed by atoms with Crippen molar-refractivity contribution in [3.63, 3.8) is 0 Å². The zero-order valence-corrected chi connectivity index (χ0v) is 11.3. The van der Waals surface area contributed by atoms with Crippen LogP contribution in [0.1, 0.15) is 5.56 Å². The van der Waals surface area contributed by atoms with Crippen molar-refractivity contribution in [3.05, 3.63) is 35.9 Å². The number of morpholine rings is 1. The zero-order chi connectivity index (χ0) is 13.7. The molecule has 1 fully saturated rings. The number of sulfonamides is 1. The predicted octanol–water partition coefficient (Wildman–Crippen LogP) is 0.783. The van der Waals surface area contributed by atoms with E-state index < -0.39 is 16.1 Å². The van der Waals surface area contributed by atoms with Crippen molar-refractivity contribution in [1.82, 2.24) is 4.31 Å². The molecule has 1 aliphatic heterocycles. The van der Waals surface area contributed by atoms with Crippen molar-refractivity contribution < 1.29 is 13.2 Å². The van der Waals surface area contributed by atoms with Gasteiger partial charge in [0, 0.05) is 6.54 Å². The topological polar surface area (TPSA) is 70.4 Å². The van der Waals surface area contributed by atoms with Gasteiger partial charge in [-0.3, -0.25) is 0 Å². The second-order valence-electron chi connectivity index (χ2n) is 4.38. The Hall–Kier alpha value is -1.42. The Bertz CT molecular complexity index is 551. The summed E-state index contributed by atoms with van der Waals surface area (Å²) in [5.74, 6) is 0.0230. The van der Waals surface area contributed by atoms with Crippen LogP contribution in [0, 0.1) is 11.3 Å². The fraction of sp³-hybridized carbons (Fsp3) is 0.462. The van der Waals surface area contributed by atoms with Gasteiger partial charge in [0.05, 0.1) is 25.0 Å². The molecule has 0 aliphatic carbocycles. The molecule has 0 spiro atoms. The quantitative estimate of drug-likeness (QED) is 0.817. The Morgan fingerprint density at radius 3 is 2.79 bits per heavy atom. The van der Waals surface area contributed by atoms with Gasteiger partial charge in [-0.25, -0.2) is 8.42 Å². The van der Waals surface area contributed by atoms with Crippen LogP contribution in [-0.2, 0) is 21.2 Å². The largest absolute Gasteiger partial charge is 0.377 e. The van der Waals surface area contributed by atoms with Crippen LogP contribution < -0.4 is 0 Å². The molecule has 0 aromatic heterocycles. The van der Waals surface area contributed by atoms with Crippen molar-refractivity contribution in [2.75, 3.05) is 25.5 Å². The average molecular weight is 280 g/mol. The summed E-state index contributed by atoms with van der Waals surface area (Å²) >= 11 is 0. The third kappa shape index (κ3) is 3.53. The van der Waals surface area contributed by atoms with Crippen molar-refractivity contribution in [2.24, 2.45) is 0 Å². The van der Waals surface area contributed by atoms with Crippen molar-refractivity contribution in [3.8, 4) is 6.07 Å². The minimum Gasteiger partial charge on any atom is -0.377 e. The number of hydrogen-bond donors (Lipinski definition) is 0. The predicted molar refractivity (Wildman–Crippen MR) is 70.9 cm³/mol. The summed E-state index contributed by atoms with van der Waals surface area (Å²) in [6.07, 6.45) is 0.457. The van der Waals surface area contributed by atoms with Crippen LogP contribution in [0.25, 0.3) is 0 Å². The highest BCUT2D eigenvalue weighted by atomic mass is 32.2. The summed E-state index contributed by atoms with van der Waals surface area (Å²) < 4.78 is 30.9. The van der Waals surface area contributed by atoms with Crippen LogP contribution in [0.2, 0.25) is 0 Å². The molecule has 0 N–H and O–H groups in total. The molecule has 0 saturated carbocycles. The van der Waals surface area contributed by atoms with Gasteiger partial charge in [0.15, 0.2) is 0 Å². The van der Waals surface area contributed by atoms with Crippen LogP contribution >= 0.6 is 0 Å². The molecule has 1 aromatic rings. The fourth-order valence-electron chi connectivity index (χ4n) is 2.03. The van der Waals surface area contributed by atoms with Gasteiger partial charge in [0.25, 0.3) is 0 Å². The molecular weight excluding hydrogens is 264 g/mol. The Morgan fingerprint density at radius 2 is 2.11 bits per heavy atom. The lowest BCUT2D eigenvalue weighted by atomic mass is 10.2. The Morgan fingerprint density at radius 1 is 1.37 bits per heavy atom. The standard InChI is InChI=1S/C13H16N2O3S/c14-10-13-11-18-8-7-15(13)19(16,17)9-6-12-4-2-1-3-5-12/h1-5,13H,6-9,11H2/t13-/m1/s1. The summed E-state index contributed by atoms with van der Waals surface area (Å²) in [7, 11) is -3.41. The molecule has 0 radical (unpaired) electrons. The first-order valence-electron chi connectivity index (χ1n) is 6.14. The van der Waals surface area contributed by atoms with Crippen LogP contribution in [0.15, 0.2) is 30.3 Å². The smallest absolute Gasteiger partial charge is 0.215 e. The molecule has 1 atom stereocenters. The Kier molecular flexibility index (Phi) is 4.53. The highest BCUT2D eigenvalue weighted by Gasteiger charge is 2.32. The lowest BCUT2D eigenvalue weighted by Crippen LogP contribution is -2.48. The first-order valence-corrected chi connectivity index (χ1v) is 7.75. The van der Waals surface area contributed by atoms with Crippen LogP contribution in [-0.4, -0.2) is 44.3 Å². The number of nitrogens with zero attached hydrogens (tertiary/aromatic N) is 2. The number of benzene rings is 1. The highest BCUT2D eigenvalue weighted by molar-refractivity contribution is 7.89. The molecule has 19 heavy (non-hydrogen) atoms. The summed E-state index contributed by atoms with van der Waals surface area (Å²) in [4.78, 5) is 0. The van der Waals surface area contributed by atoms with E-state index >= 15 is 0 Å². The van der Waals surface area contributed by atoms with E-state index in [1.54, 1.807) is 0 Å². The molecule has 6 heteroatoms. The van der Waals surface area contributed by atoms with Crippen molar-refractivity contribution >= 4 is 10.0 Å². The highest BCUT2D eigenvalue weighted by Crippen LogP contribution is 2.14. The van der Waals surface area contributed by atoms with Gasteiger partial charge in [0.2, 0.25) is 10.0 Å². The first kappa shape index (κ1) is 14.0. The third-order valence-corrected chi connectivity index (χ3v) is 4.95. The van der Waals surface area contributed by atoms with Crippen LogP contribution in [0.5, 0.6) is 0 Å². The summed E-state index contributed by atoms with van der Waals surface area (Å²) in [6, 6.07) is 10.7. The van der Waals surface area contributed by atoms with Gasteiger partial charge in [-0.2, -0.15) is 9.57 Å². The fourth-order valence-corrected chi connectivity index (χ4v) is 3.61. The van der Waals surface area contributed by atoms with E-state index in [4.69, 9.17) is 10.00 Å². The number of rotatable bonds is 4. The average Bonchev–Trinajstić information content (AvgIpc) is 2.46. The maximum atomic E-state index is 12.2. The number of hydrogen-bond acceptors (Lipinski definition) is 4. The Labute approximate surface area is 113 Å². The molecule has 102 valence electrons. The van der Waals surface area contributed by atoms with E-state index in [2.05, 4.69) is 0 Å². The first-order chi connectivity index (χ1) is 9.13. The maximum Gasteiger partial charge on any atom is 0.215 e. The second-order valence-corrected chi connectivity index (χ2v) is 6.42. The van der Waals surface area contributed by atoms with E-state index in [1.165, 1.54) is 4.31 Å². The summed E-state index contributed by atoms with van der Waals surface area (Å²) in [5, 5.41) is 8.97. The summed E-state index contributed by atoms with van der Waals surface area (Å²) in [6.45, 7) is 0.763. The Balaban J connectivity index is 2.03. The normalized spacial score (nSPS) is 20.9. The van der Waals surface area contributed by atoms with Gasteiger partial charge in [-0.15, -0.1) is 0 Å². The van der Waals surface area contributed by atoms with E-state index in [9.17, 15) is 8.42 Å². The number of aryl methyl sites for hydroxylation is 1. The monoisotopic (exact) mass is 280 g/mol. The molecule has 2 rings (SSSR count). The van der Waals surface area contributed by atoms with Gasteiger partial charge >= 0.3 is 0 Å². The SMILES string of the molecule is N#C[C@@H]1COCCN1S(=O)(=O)CCc1ccccc1. The van der Waals surface area contributed by atoms with Crippen LogP contribution in [0.3, 0.4) is 0 Å². The van der Waals surface area contributed by atoms with Crippen LogP contribution in [0.4, 0.5) is 0 Å².